The van der Waals surface area contributed by atoms with Crippen LogP contribution >= 0.6 is 0 Å². The first kappa shape index (κ1) is 26.5. The van der Waals surface area contributed by atoms with Gasteiger partial charge in [0.2, 0.25) is 5.82 Å². The van der Waals surface area contributed by atoms with Crippen LogP contribution in [0.2, 0.25) is 0 Å². The van der Waals surface area contributed by atoms with E-state index in [0.29, 0.717) is 11.0 Å². The van der Waals surface area contributed by atoms with Gasteiger partial charge in [-0.3, -0.25) is 10.2 Å². The highest BCUT2D eigenvalue weighted by Crippen LogP contribution is 2.28. The second kappa shape index (κ2) is 11.2. The van der Waals surface area contributed by atoms with Crippen LogP contribution in [0, 0.1) is 0 Å². The minimum atomic E-state index is -1.76. The first-order chi connectivity index (χ1) is 17.2. The number of para-hydroxylation sites is 2. The summed E-state index contributed by atoms with van der Waals surface area (Å²) in [6, 6.07) is 6.85. The van der Waals surface area contributed by atoms with Crippen molar-refractivity contribution in [1.82, 2.24) is 9.97 Å². The van der Waals surface area contributed by atoms with E-state index in [1.54, 1.807) is 24.3 Å². The van der Waals surface area contributed by atoms with Gasteiger partial charge in [-0.1, -0.05) is 12.1 Å². The lowest BCUT2D eigenvalue weighted by Gasteiger charge is -2.45. The lowest BCUT2D eigenvalue weighted by Crippen LogP contribution is -2.64. The molecule has 2 aliphatic heterocycles. The number of nitrogens with zero attached hydrogens (tertiary/aromatic N) is 2. The maximum Gasteiger partial charge on any atom is 0.293 e. The van der Waals surface area contributed by atoms with Gasteiger partial charge < -0.3 is 54.9 Å². The highest BCUT2D eigenvalue weighted by molar-refractivity contribution is 5.75. The fourth-order valence-corrected chi connectivity index (χ4v) is 4.02. The molecule has 15 heteroatoms. The van der Waals surface area contributed by atoms with Crippen LogP contribution in [0.1, 0.15) is 0 Å². The van der Waals surface area contributed by atoms with Crippen LogP contribution in [-0.2, 0) is 14.2 Å². The van der Waals surface area contributed by atoms with Crippen molar-refractivity contribution < 1.29 is 50.0 Å². The summed E-state index contributed by atoms with van der Waals surface area (Å²) in [5.41, 5.74) is 2.94. The molecule has 15 nitrogen and oxygen atoms in total. The van der Waals surface area contributed by atoms with Crippen LogP contribution in [0.3, 0.4) is 0 Å². The summed E-state index contributed by atoms with van der Waals surface area (Å²) in [5, 5.41) is 74.1. The van der Waals surface area contributed by atoms with Crippen LogP contribution in [0.4, 0.5) is 5.82 Å². The third-order valence-corrected chi connectivity index (χ3v) is 6.03. The number of fused-ring (bicyclic) bond motifs is 1. The molecule has 0 spiro atoms. The van der Waals surface area contributed by atoms with Gasteiger partial charge in [0.15, 0.2) is 6.29 Å². The third-order valence-electron chi connectivity index (χ3n) is 6.03. The fourth-order valence-electron chi connectivity index (χ4n) is 4.02. The summed E-state index contributed by atoms with van der Waals surface area (Å²) in [5.74, 6) is -0.127. The lowest BCUT2D eigenvalue weighted by atomic mass is 9.94. The number of hydrazone groups is 1. The predicted molar refractivity (Wildman–Crippen MR) is 121 cm³/mol. The van der Waals surface area contributed by atoms with E-state index in [2.05, 4.69) is 20.5 Å². The molecule has 1 aromatic heterocycles. The summed E-state index contributed by atoms with van der Waals surface area (Å²) in [6.45, 7) is -1.38. The van der Waals surface area contributed by atoms with Gasteiger partial charge in [-0.05, 0) is 12.1 Å². The molecule has 0 bridgehead atoms. The molecule has 4 rings (SSSR count). The molecule has 0 radical (unpaired) electrons. The van der Waals surface area contributed by atoms with Crippen molar-refractivity contribution in [3.8, 4) is 0 Å². The van der Waals surface area contributed by atoms with Crippen LogP contribution in [0.15, 0.2) is 34.2 Å². The molecular formula is C21H28N4O11. The first-order valence-corrected chi connectivity index (χ1v) is 11.1. The SMILES string of the molecule is O=c1[nH]c2ccccc2nc1N/N=C/[C@@H]1O[C@H](CO)[C@@H](O[C@@H]2O[C@H](CO)[C@H](O)[C@H](O)[C@H]2O)[C@H](O)[C@H]1O. The lowest BCUT2D eigenvalue weighted by molar-refractivity contribution is -0.338. The van der Waals surface area contributed by atoms with Crippen LogP contribution in [-0.4, -0.2) is 126 Å². The Morgan fingerprint density at radius 2 is 1.69 bits per heavy atom. The zero-order valence-corrected chi connectivity index (χ0v) is 18.7. The maximum absolute atomic E-state index is 12.2. The molecule has 0 aliphatic carbocycles. The zero-order chi connectivity index (χ0) is 26.0. The average molecular weight is 512 g/mol. The molecule has 2 saturated heterocycles. The van der Waals surface area contributed by atoms with E-state index in [9.17, 15) is 40.5 Å². The van der Waals surface area contributed by atoms with Crippen LogP contribution < -0.4 is 11.0 Å². The van der Waals surface area contributed by atoms with E-state index >= 15 is 0 Å². The predicted octanol–water partition coefficient (Wildman–Crippen LogP) is -4.01. The van der Waals surface area contributed by atoms with Crippen LogP contribution in [0.5, 0.6) is 0 Å². The molecular weight excluding hydrogens is 484 g/mol. The highest BCUT2D eigenvalue weighted by atomic mass is 16.7. The number of aromatic nitrogens is 2. The Kier molecular flexibility index (Phi) is 8.26. The Bertz CT molecular complexity index is 1110. The Balaban J connectivity index is 1.44. The second-order valence-corrected chi connectivity index (χ2v) is 8.42. The number of H-pyrrole nitrogens is 1. The van der Waals surface area contributed by atoms with Gasteiger partial charge in [0, 0.05) is 0 Å². The van der Waals surface area contributed by atoms with Gasteiger partial charge in [-0.25, -0.2) is 4.98 Å². The first-order valence-electron chi connectivity index (χ1n) is 11.1. The van der Waals surface area contributed by atoms with E-state index in [-0.39, 0.29) is 5.82 Å². The summed E-state index contributed by atoms with van der Waals surface area (Å²) in [4.78, 5) is 19.0. The molecule has 0 amide bonds. The molecule has 2 aromatic rings. The zero-order valence-electron chi connectivity index (χ0n) is 18.7. The number of aliphatic hydroxyl groups excluding tert-OH is 7. The molecule has 2 aliphatic rings. The van der Waals surface area contributed by atoms with E-state index in [1.165, 1.54) is 0 Å². The molecule has 0 unspecified atom stereocenters. The molecule has 1 aromatic carbocycles. The minimum Gasteiger partial charge on any atom is -0.394 e. The highest BCUT2D eigenvalue weighted by Gasteiger charge is 2.50. The van der Waals surface area contributed by atoms with Crippen molar-refractivity contribution in [3.05, 3.63) is 34.6 Å². The smallest absolute Gasteiger partial charge is 0.293 e. The summed E-state index contributed by atoms with van der Waals surface area (Å²) in [7, 11) is 0. The quantitative estimate of drug-likeness (QED) is 0.127. The van der Waals surface area contributed by atoms with Crippen molar-refractivity contribution in [1.29, 1.82) is 0 Å². The normalized spacial score (nSPS) is 37.4. The minimum absolute atomic E-state index is 0.127. The summed E-state index contributed by atoms with van der Waals surface area (Å²) < 4.78 is 16.3. The van der Waals surface area contributed by atoms with Gasteiger partial charge in [0.1, 0.15) is 54.9 Å². The van der Waals surface area contributed by atoms with Crippen molar-refractivity contribution in [2.45, 2.75) is 61.2 Å². The van der Waals surface area contributed by atoms with E-state index in [4.69, 9.17) is 14.2 Å². The Labute approximate surface area is 203 Å². The van der Waals surface area contributed by atoms with Crippen molar-refractivity contribution >= 4 is 23.1 Å². The standard InChI is InChI=1S/C21H28N4O11/c26-6-11-14(29)15(30)17(32)21(35-11)36-18-12(7-27)34-10(13(28)16(18)31)5-22-25-19-20(33)24-9-4-2-1-3-8(9)23-19/h1-5,10-18,21,26-32H,6-7H2,(H,23,25)(H,24,33)/b22-5+/t10-,11+,12+,13-,14-,15-,16+,17+,18+,21-/m0/s1. The largest absolute Gasteiger partial charge is 0.394 e. The number of anilines is 1. The molecule has 9 N–H and O–H groups in total. The van der Waals surface area contributed by atoms with Gasteiger partial charge >= 0.3 is 0 Å². The molecule has 0 saturated carbocycles. The summed E-state index contributed by atoms with van der Waals surface area (Å²) >= 11 is 0. The Morgan fingerprint density at radius 3 is 2.42 bits per heavy atom. The monoisotopic (exact) mass is 512 g/mol. The third kappa shape index (κ3) is 5.25. The number of aliphatic hydroxyl groups is 7. The molecule has 3 heterocycles. The number of rotatable bonds is 7. The van der Waals surface area contributed by atoms with Gasteiger partial charge in [0.05, 0.1) is 30.5 Å². The van der Waals surface area contributed by atoms with E-state index in [0.717, 1.165) is 6.21 Å². The number of hydrogen-bond donors (Lipinski definition) is 9. The van der Waals surface area contributed by atoms with E-state index in [1.807, 2.05) is 0 Å². The summed E-state index contributed by atoms with van der Waals surface area (Å²) in [6.07, 6.45) is -14.2. The van der Waals surface area contributed by atoms with Crippen molar-refractivity contribution in [3.63, 3.8) is 0 Å². The van der Waals surface area contributed by atoms with E-state index < -0.39 is 80.0 Å². The van der Waals surface area contributed by atoms with Gasteiger partial charge in [0.25, 0.3) is 5.56 Å². The number of aromatic amines is 1. The van der Waals surface area contributed by atoms with Crippen LogP contribution in [0.25, 0.3) is 11.0 Å². The van der Waals surface area contributed by atoms with Crippen molar-refractivity contribution in [2.75, 3.05) is 18.6 Å². The Hall–Kier alpha value is -2.57. The Morgan fingerprint density at radius 1 is 0.972 bits per heavy atom. The molecule has 198 valence electrons. The molecule has 36 heavy (non-hydrogen) atoms. The number of nitrogens with one attached hydrogen (secondary N) is 2. The molecule has 10 atom stereocenters. The number of benzene rings is 1. The fraction of sp³-hybridized carbons (Fsp3) is 0.571. The van der Waals surface area contributed by atoms with Gasteiger partial charge in [-0.2, -0.15) is 5.10 Å². The molecule has 2 fully saturated rings. The number of hydrogen-bond acceptors (Lipinski definition) is 14. The van der Waals surface area contributed by atoms with Gasteiger partial charge in [-0.15, -0.1) is 0 Å². The average Bonchev–Trinajstić information content (AvgIpc) is 2.88. The maximum atomic E-state index is 12.2. The van der Waals surface area contributed by atoms with Crippen molar-refractivity contribution in [2.24, 2.45) is 5.10 Å². The second-order valence-electron chi connectivity index (χ2n) is 8.42. The topological polar surface area (TPSA) is 239 Å². The number of ether oxygens (including phenoxy) is 3.